The molecule has 1 aliphatic carbocycles. The number of carbonyl (C=O) groups is 1. The van der Waals surface area contributed by atoms with Gasteiger partial charge in [0.05, 0.1) is 30.4 Å². The zero-order chi connectivity index (χ0) is 22.8. The Balaban J connectivity index is 1.49. The Labute approximate surface area is 182 Å². The van der Waals surface area contributed by atoms with Gasteiger partial charge in [0.15, 0.2) is 0 Å². The van der Waals surface area contributed by atoms with Crippen LogP contribution in [0.25, 0.3) is 5.78 Å². The van der Waals surface area contributed by atoms with E-state index in [1.54, 1.807) is 19.3 Å². The molecule has 3 aromatic rings. The first-order valence-corrected chi connectivity index (χ1v) is 10.4. The van der Waals surface area contributed by atoms with E-state index in [1.165, 1.54) is 6.07 Å². The van der Waals surface area contributed by atoms with Crippen LogP contribution in [0.15, 0.2) is 30.6 Å². The number of hydrogen-bond acceptors (Lipinski definition) is 5. The van der Waals surface area contributed by atoms with Crippen molar-refractivity contribution in [3.63, 3.8) is 0 Å². The van der Waals surface area contributed by atoms with Gasteiger partial charge in [0.1, 0.15) is 5.82 Å². The van der Waals surface area contributed by atoms with E-state index in [1.807, 2.05) is 16.2 Å². The van der Waals surface area contributed by atoms with Gasteiger partial charge in [0.25, 0.3) is 0 Å². The van der Waals surface area contributed by atoms with Crippen molar-refractivity contribution >= 4 is 23.2 Å². The minimum atomic E-state index is -4.49. The molecule has 3 N–H and O–H groups in total. The zero-order valence-corrected chi connectivity index (χ0v) is 17.7. The molecule has 5 rings (SSSR count). The van der Waals surface area contributed by atoms with E-state index in [-0.39, 0.29) is 17.0 Å². The molecule has 1 amide bonds. The Morgan fingerprint density at radius 3 is 2.69 bits per heavy atom. The highest BCUT2D eigenvalue weighted by atomic mass is 19.4. The molecule has 1 saturated carbocycles. The minimum Gasteiger partial charge on any atom is -0.399 e. The average Bonchev–Trinajstić information content (AvgIpc) is 3.13. The van der Waals surface area contributed by atoms with Crippen LogP contribution in [0.2, 0.25) is 0 Å². The smallest absolute Gasteiger partial charge is 0.399 e. The topological polar surface area (TPSA) is 88.5 Å². The van der Waals surface area contributed by atoms with Gasteiger partial charge in [-0.2, -0.15) is 18.2 Å². The number of nitrogens with two attached hydrogens (primary N) is 1. The van der Waals surface area contributed by atoms with Crippen LogP contribution in [0, 0.1) is 5.41 Å². The van der Waals surface area contributed by atoms with Crippen molar-refractivity contribution in [2.75, 3.05) is 11.1 Å². The first-order chi connectivity index (χ1) is 15.0. The molecule has 10 heteroatoms. The van der Waals surface area contributed by atoms with E-state index >= 15 is 0 Å². The summed E-state index contributed by atoms with van der Waals surface area (Å²) < 4.78 is 41.6. The van der Waals surface area contributed by atoms with Crippen LogP contribution in [0.5, 0.6) is 0 Å². The summed E-state index contributed by atoms with van der Waals surface area (Å²) >= 11 is 0. The number of benzene rings is 1. The first kappa shape index (κ1) is 20.6. The maximum atomic E-state index is 13.2. The SMILES string of the molecule is CC(Nc1nc2nccn2c2c1CN(C(=O)C1(C)CC1)C2)c1cc(N)cc(C(F)(F)F)c1. The van der Waals surface area contributed by atoms with Crippen LogP contribution in [0.3, 0.4) is 0 Å². The fourth-order valence-electron chi connectivity index (χ4n) is 4.23. The largest absolute Gasteiger partial charge is 0.416 e. The Kier molecular flexibility index (Phi) is 4.41. The second kappa shape index (κ2) is 6.85. The lowest BCUT2D eigenvalue weighted by Crippen LogP contribution is -2.31. The van der Waals surface area contributed by atoms with E-state index in [0.717, 1.165) is 36.2 Å². The number of nitrogens with one attached hydrogen (secondary N) is 1. The average molecular weight is 444 g/mol. The van der Waals surface area contributed by atoms with Crippen LogP contribution >= 0.6 is 0 Å². The number of carbonyl (C=O) groups excluding carboxylic acids is 1. The lowest BCUT2D eigenvalue weighted by Gasteiger charge is -2.20. The predicted octanol–water partition coefficient (Wildman–Crippen LogP) is 4.15. The van der Waals surface area contributed by atoms with Crippen molar-refractivity contribution in [2.24, 2.45) is 5.41 Å². The Bertz CT molecular complexity index is 1230. The fraction of sp³-hybridized carbons (Fsp3) is 0.409. The molecule has 0 saturated heterocycles. The van der Waals surface area contributed by atoms with E-state index in [2.05, 4.69) is 15.3 Å². The minimum absolute atomic E-state index is 0.0415. The van der Waals surface area contributed by atoms with Crippen LogP contribution < -0.4 is 11.1 Å². The maximum absolute atomic E-state index is 13.2. The van der Waals surface area contributed by atoms with Gasteiger partial charge in [-0.05, 0) is 43.5 Å². The summed E-state index contributed by atoms with van der Waals surface area (Å²) in [7, 11) is 0. The monoisotopic (exact) mass is 444 g/mol. The standard InChI is InChI=1S/C22H23F3N6O/c1-12(13-7-14(22(23,24)25)9-15(26)8-13)28-18-16-10-30(19(32)21(2)3-4-21)11-17(16)31-6-5-27-20(31)29-18/h5-9,12H,3-4,10-11,26H2,1-2H3,(H,27,28,29). The molecule has 1 fully saturated rings. The zero-order valence-electron chi connectivity index (χ0n) is 17.7. The third kappa shape index (κ3) is 3.43. The summed E-state index contributed by atoms with van der Waals surface area (Å²) in [4.78, 5) is 23.6. The lowest BCUT2D eigenvalue weighted by molar-refractivity contribution is -0.138. The van der Waals surface area contributed by atoms with Crippen LogP contribution in [0.1, 0.15) is 55.1 Å². The normalized spacial score (nSPS) is 18.0. The number of nitrogens with zero attached hydrogens (tertiary/aromatic N) is 4. The molecule has 2 aliphatic rings. The van der Waals surface area contributed by atoms with Crippen molar-refractivity contribution in [1.29, 1.82) is 0 Å². The third-order valence-electron chi connectivity index (χ3n) is 6.41. The Morgan fingerprint density at radius 1 is 1.25 bits per heavy atom. The molecule has 0 spiro atoms. The van der Waals surface area contributed by atoms with Gasteiger partial charge >= 0.3 is 6.18 Å². The van der Waals surface area contributed by atoms with Crippen molar-refractivity contribution in [1.82, 2.24) is 19.3 Å². The number of halogens is 3. The molecular weight excluding hydrogens is 421 g/mol. The molecule has 3 heterocycles. The van der Waals surface area contributed by atoms with Gasteiger partial charge in [0, 0.05) is 29.1 Å². The summed E-state index contributed by atoms with van der Waals surface area (Å²) in [5.41, 5.74) is 6.84. The van der Waals surface area contributed by atoms with Crippen molar-refractivity contribution in [2.45, 2.75) is 52.0 Å². The van der Waals surface area contributed by atoms with Crippen LogP contribution in [-0.4, -0.2) is 25.2 Å². The number of aromatic nitrogens is 3. The number of imidazole rings is 1. The fourth-order valence-corrected chi connectivity index (χ4v) is 4.23. The summed E-state index contributed by atoms with van der Waals surface area (Å²) in [6.45, 7) is 4.56. The number of hydrogen-bond donors (Lipinski definition) is 2. The molecule has 1 atom stereocenters. The summed E-state index contributed by atoms with van der Waals surface area (Å²) in [6.07, 6.45) is 0.718. The van der Waals surface area contributed by atoms with Crippen LogP contribution in [-0.2, 0) is 24.1 Å². The Hall–Kier alpha value is -3.30. The molecule has 1 aliphatic heterocycles. The molecule has 1 unspecified atom stereocenters. The maximum Gasteiger partial charge on any atom is 0.416 e. The van der Waals surface area contributed by atoms with Crippen molar-refractivity contribution < 1.29 is 18.0 Å². The molecule has 0 radical (unpaired) electrons. The number of rotatable bonds is 4. The first-order valence-electron chi connectivity index (χ1n) is 10.4. The Morgan fingerprint density at radius 2 is 2.00 bits per heavy atom. The lowest BCUT2D eigenvalue weighted by atomic mass is 10.0. The molecule has 168 valence electrons. The van der Waals surface area contributed by atoms with Gasteiger partial charge in [-0.15, -0.1) is 0 Å². The number of amides is 1. The van der Waals surface area contributed by atoms with Gasteiger partial charge in [-0.1, -0.05) is 6.92 Å². The van der Waals surface area contributed by atoms with Crippen LogP contribution in [0.4, 0.5) is 24.7 Å². The molecular formula is C22H23F3N6O. The number of nitrogen functional groups attached to an aromatic ring is 1. The van der Waals surface area contributed by atoms with Crippen molar-refractivity contribution in [3.8, 4) is 0 Å². The molecule has 2 aromatic heterocycles. The van der Waals surface area contributed by atoms with E-state index in [0.29, 0.717) is 30.2 Å². The summed E-state index contributed by atoms with van der Waals surface area (Å²) in [5.74, 6) is 1.10. The second-order valence-electron chi connectivity index (χ2n) is 8.96. The second-order valence-corrected chi connectivity index (χ2v) is 8.96. The van der Waals surface area contributed by atoms with Gasteiger partial charge < -0.3 is 16.0 Å². The van der Waals surface area contributed by atoms with E-state index in [9.17, 15) is 18.0 Å². The van der Waals surface area contributed by atoms with Crippen molar-refractivity contribution in [3.05, 3.63) is 53.0 Å². The molecule has 0 bridgehead atoms. The highest BCUT2D eigenvalue weighted by Gasteiger charge is 2.48. The quantitative estimate of drug-likeness (QED) is 0.591. The summed E-state index contributed by atoms with van der Waals surface area (Å²) in [6, 6.07) is 3.03. The van der Waals surface area contributed by atoms with E-state index < -0.39 is 17.8 Å². The number of anilines is 2. The molecule has 1 aromatic carbocycles. The molecule has 7 nitrogen and oxygen atoms in total. The van der Waals surface area contributed by atoms with Gasteiger partial charge in [-0.3, -0.25) is 9.20 Å². The number of fused-ring (bicyclic) bond motifs is 3. The third-order valence-corrected chi connectivity index (χ3v) is 6.41. The van der Waals surface area contributed by atoms with Gasteiger partial charge in [-0.25, -0.2) is 4.98 Å². The van der Waals surface area contributed by atoms with E-state index in [4.69, 9.17) is 5.73 Å². The highest BCUT2D eigenvalue weighted by molar-refractivity contribution is 5.85. The predicted molar refractivity (Wildman–Crippen MR) is 112 cm³/mol. The molecule has 32 heavy (non-hydrogen) atoms. The summed E-state index contributed by atoms with van der Waals surface area (Å²) in [5, 5.41) is 3.23. The highest BCUT2D eigenvalue weighted by Crippen LogP contribution is 2.48. The number of alkyl halides is 3. The van der Waals surface area contributed by atoms with Gasteiger partial charge in [0.2, 0.25) is 11.7 Å².